The number of carbonyl (C=O) groups is 2. The lowest BCUT2D eigenvalue weighted by molar-refractivity contribution is -0.122. The Balaban J connectivity index is 1.97. The second kappa shape index (κ2) is 5.69. The van der Waals surface area contributed by atoms with E-state index in [1.807, 2.05) is 0 Å². The minimum absolute atomic E-state index is 0.143. The van der Waals surface area contributed by atoms with Crippen molar-refractivity contribution in [1.29, 1.82) is 0 Å². The van der Waals surface area contributed by atoms with E-state index in [4.69, 9.17) is 0 Å². The fraction of sp³-hybridized carbons (Fsp3) is 0.462. The predicted octanol–water partition coefficient (Wildman–Crippen LogP) is 0.520. The van der Waals surface area contributed by atoms with Crippen molar-refractivity contribution in [1.82, 2.24) is 15.6 Å². The van der Waals surface area contributed by atoms with Crippen molar-refractivity contribution in [2.45, 2.75) is 31.8 Å². The molecule has 0 saturated heterocycles. The minimum Gasteiger partial charge on any atom is -0.386 e. The molecule has 1 saturated carbocycles. The van der Waals surface area contributed by atoms with E-state index < -0.39 is 6.04 Å². The highest BCUT2D eigenvalue weighted by atomic mass is 16.2. The van der Waals surface area contributed by atoms with Crippen LogP contribution >= 0.6 is 0 Å². The fourth-order valence-corrected chi connectivity index (χ4v) is 1.69. The number of anilines is 1. The predicted molar refractivity (Wildman–Crippen MR) is 71.9 cm³/mol. The molecule has 1 heterocycles. The lowest BCUT2D eigenvalue weighted by Crippen LogP contribution is -2.45. The van der Waals surface area contributed by atoms with Crippen molar-refractivity contribution < 1.29 is 9.59 Å². The van der Waals surface area contributed by atoms with Gasteiger partial charge in [0.1, 0.15) is 6.04 Å². The van der Waals surface area contributed by atoms with Gasteiger partial charge in [-0.2, -0.15) is 0 Å². The zero-order chi connectivity index (χ0) is 13.8. The first-order chi connectivity index (χ1) is 9.11. The summed E-state index contributed by atoms with van der Waals surface area (Å²) in [6.45, 7) is 1.68. The minimum atomic E-state index is -0.550. The highest BCUT2D eigenvalue weighted by Crippen LogP contribution is 2.18. The summed E-state index contributed by atoms with van der Waals surface area (Å²) < 4.78 is 0. The van der Waals surface area contributed by atoms with Crippen LogP contribution in [0.15, 0.2) is 18.5 Å². The van der Waals surface area contributed by atoms with E-state index in [9.17, 15) is 9.59 Å². The standard InChI is InChI=1S/C13H18N4O2/c1-8(12(18)17-9-3-4-9)16-13(19)10-5-6-15-7-11(10)14-2/h5-9,14H,3-4H2,1-2H3,(H,16,19)(H,17,18). The molecule has 102 valence electrons. The Bertz CT molecular complexity index is 485. The van der Waals surface area contributed by atoms with Crippen molar-refractivity contribution in [3.63, 3.8) is 0 Å². The molecule has 2 amide bonds. The van der Waals surface area contributed by atoms with E-state index in [0.29, 0.717) is 17.3 Å². The van der Waals surface area contributed by atoms with Gasteiger partial charge in [0.25, 0.3) is 5.91 Å². The third-order valence-electron chi connectivity index (χ3n) is 3.00. The van der Waals surface area contributed by atoms with Crippen LogP contribution in [0.25, 0.3) is 0 Å². The van der Waals surface area contributed by atoms with Gasteiger partial charge in [-0.1, -0.05) is 0 Å². The van der Waals surface area contributed by atoms with Gasteiger partial charge in [0.05, 0.1) is 17.4 Å². The molecule has 1 atom stereocenters. The number of amides is 2. The topological polar surface area (TPSA) is 83.1 Å². The van der Waals surface area contributed by atoms with Gasteiger partial charge >= 0.3 is 0 Å². The molecule has 1 fully saturated rings. The molecule has 1 aliphatic rings. The van der Waals surface area contributed by atoms with Crippen LogP contribution in [0.5, 0.6) is 0 Å². The molecular weight excluding hydrogens is 244 g/mol. The van der Waals surface area contributed by atoms with E-state index in [1.54, 1.807) is 32.4 Å². The molecule has 6 heteroatoms. The van der Waals surface area contributed by atoms with Gasteiger partial charge in [-0.25, -0.2) is 0 Å². The first-order valence-electron chi connectivity index (χ1n) is 6.35. The van der Waals surface area contributed by atoms with Crippen molar-refractivity contribution in [2.24, 2.45) is 0 Å². The molecule has 6 nitrogen and oxygen atoms in total. The summed E-state index contributed by atoms with van der Waals surface area (Å²) >= 11 is 0. The summed E-state index contributed by atoms with van der Waals surface area (Å²) in [4.78, 5) is 27.8. The number of hydrogen-bond donors (Lipinski definition) is 3. The number of aromatic nitrogens is 1. The Morgan fingerprint density at radius 2 is 2.16 bits per heavy atom. The van der Waals surface area contributed by atoms with Crippen LogP contribution in [0, 0.1) is 0 Å². The maximum atomic E-state index is 12.1. The molecule has 3 N–H and O–H groups in total. The van der Waals surface area contributed by atoms with Crippen molar-refractivity contribution >= 4 is 17.5 Å². The number of nitrogens with zero attached hydrogens (tertiary/aromatic N) is 1. The quantitative estimate of drug-likeness (QED) is 0.722. The van der Waals surface area contributed by atoms with Crippen molar-refractivity contribution in [2.75, 3.05) is 12.4 Å². The molecule has 1 unspecified atom stereocenters. The van der Waals surface area contributed by atoms with Gasteiger partial charge in [-0.05, 0) is 25.8 Å². The number of rotatable bonds is 5. The molecule has 0 bridgehead atoms. The Hall–Kier alpha value is -2.11. The number of carbonyl (C=O) groups excluding carboxylic acids is 2. The molecular formula is C13H18N4O2. The highest BCUT2D eigenvalue weighted by molar-refractivity contribution is 6.01. The average molecular weight is 262 g/mol. The molecule has 1 aliphatic carbocycles. The van der Waals surface area contributed by atoms with Crippen molar-refractivity contribution in [3.05, 3.63) is 24.0 Å². The molecule has 0 aliphatic heterocycles. The summed E-state index contributed by atoms with van der Waals surface area (Å²) in [5.74, 6) is -0.430. The van der Waals surface area contributed by atoms with E-state index in [0.717, 1.165) is 12.8 Å². The zero-order valence-corrected chi connectivity index (χ0v) is 11.1. The summed E-state index contributed by atoms with van der Waals surface area (Å²) in [5, 5.41) is 8.44. The van der Waals surface area contributed by atoms with Crippen LogP contribution in [0.2, 0.25) is 0 Å². The highest BCUT2D eigenvalue weighted by Gasteiger charge is 2.26. The van der Waals surface area contributed by atoms with Crippen LogP contribution in [0.1, 0.15) is 30.1 Å². The SMILES string of the molecule is CNc1cnccc1C(=O)NC(C)C(=O)NC1CC1. The number of hydrogen-bond acceptors (Lipinski definition) is 4. The van der Waals surface area contributed by atoms with Crippen LogP contribution in [0.3, 0.4) is 0 Å². The molecule has 0 spiro atoms. The van der Waals surface area contributed by atoms with Crippen LogP contribution < -0.4 is 16.0 Å². The Labute approximate surface area is 112 Å². The summed E-state index contributed by atoms with van der Waals surface area (Å²) in [6.07, 6.45) is 5.18. The number of nitrogens with one attached hydrogen (secondary N) is 3. The van der Waals surface area contributed by atoms with Gasteiger partial charge in [0.15, 0.2) is 0 Å². The fourth-order valence-electron chi connectivity index (χ4n) is 1.69. The van der Waals surface area contributed by atoms with Gasteiger partial charge in [-0.15, -0.1) is 0 Å². The molecule has 1 aromatic rings. The maximum absolute atomic E-state index is 12.1. The summed E-state index contributed by atoms with van der Waals surface area (Å²) in [6, 6.07) is 1.36. The lowest BCUT2D eigenvalue weighted by Gasteiger charge is -2.15. The largest absolute Gasteiger partial charge is 0.386 e. The maximum Gasteiger partial charge on any atom is 0.254 e. The Morgan fingerprint density at radius 3 is 2.79 bits per heavy atom. The molecule has 0 aromatic carbocycles. The second-order valence-electron chi connectivity index (χ2n) is 4.65. The van der Waals surface area contributed by atoms with Crippen LogP contribution in [0.4, 0.5) is 5.69 Å². The van der Waals surface area contributed by atoms with Crippen molar-refractivity contribution in [3.8, 4) is 0 Å². The smallest absolute Gasteiger partial charge is 0.254 e. The molecule has 1 aromatic heterocycles. The monoisotopic (exact) mass is 262 g/mol. The number of pyridine rings is 1. The third kappa shape index (κ3) is 3.43. The third-order valence-corrected chi connectivity index (χ3v) is 3.00. The van der Waals surface area contributed by atoms with Gasteiger partial charge in [0, 0.05) is 19.3 Å². The van der Waals surface area contributed by atoms with Gasteiger partial charge in [0.2, 0.25) is 5.91 Å². The van der Waals surface area contributed by atoms with Gasteiger partial charge in [-0.3, -0.25) is 14.6 Å². The molecule has 0 radical (unpaired) electrons. The molecule has 2 rings (SSSR count). The normalized spacial score (nSPS) is 15.5. The van der Waals surface area contributed by atoms with Crippen LogP contribution in [-0.4, -0.2) is 35.9 Å². The first-order valence-corrected chi connectivity index (χ1v) is 6.35. The Morgan fingerprint density at radius 1 is 1.42 bits per heavy atom. The first kappa shape index (κ1) is 13.3. The summed E-state index contributed by atoms with van der Waals surface area (Å²) in [7, 11) is 1.72. The van der Waals surface area contributed by atoms with E-state index >= 15 is 0 Å². The lowest BCUT2D eigenvalue weighted by atomic mass is 10.2. The van der Waals surface area contributed by atoms with E-state index in [2.05, 4.69) is 20.9 Å². The Kier molecular flexibility index (Phi) is 3.99. The molecule has 19 heavy (non-hydrogen) atoms. The van der Waals surface area contributed by atoms with Crippen LogP contribution in [-0.2, 0) is 4.79 Å². The summed E-state index contributed by atoms with van der Waals surface area (Å²) in [5.41, 5.74) is 1.11. The van der Waals surface area contributed by atoms with E-state index in [1.165, 1.54) is 0 Å². The van der Waals surface area contributed by atoms with Gasteiger partial charge < -0.3 is 16.0 Å². The van der Waals surface area contributed by atoms with E-state index in [-0.39, 0.29) is 11.8 Å². The average Bonchev–Trinajstić information content (AvgIpc) is 3.22. The zero-order valence-electron chi connectivity index (χ0n) is 11.1. The second-order valence-corrected chi connectivity index (χ2v) is 4.65.